The van der Waals surface area contributed by atoms with Crippen molar-refractivity contribution >= 4 is 70.2 Å². The Kier molecular flexibility index (Phi) is 16.6. The van der Waals surface area contributed by atoms with Crippen molar-refractivity contribution in [3.05, 3.63) is 63.9 Å². The van der Waals surface area contributed by atoms with Gasteiger partial charge in [-0.05, 0) is 70.6 Å². The van der Waals surface area contributed by atoms with Crippen LogP contribution < -0.4 is 20.1 Å². The van der Waals surface area contributed by atoms with Crippen molar-refractivity contribution < 1.29 is 60.8 Å². The molecule has 3 aliphatic rings. The molecule has 3 amide bonds. The zero-order valence-corrected chi connectivity index (χ0v) is 33.9. The number of benzene rings is 2. The number of aliphatic carboxylic acids is 1. The molecule has 5 rings (SSSR count). The van der Waals surface area contributed by atoms with Crippen molar-refractivity contribution in [2.45, 2.75) is 84.2 Å². The van der Waals surface area contributed by atoms with Crippen LogP contribution >= 0.6 is 19.0 Å². The molecule has 0 radical (unpaired) electrons. The van der Waals surface area contributed by atoms with Gasteiger partial charge in [0.25, 0.3) is 17.7 Å². The van der Waals surface area contributed by atoms with Gasteiger partial charge in [-0.15, -0.1) is 0 Å². The van der Waals surface area contributed by atoms with Gasteiger partial charge >= 0.3 is 22.1 Å². The third kappa shape index (κ3) is 12.3. The van der Waals surface area contributed by atoms with E-state index in [-0.39, 0.29) is 29.0 Å². The van der Waals surface area contributed by atoms with E-state index in [1.165, 1.54) is 12.7 Å². The van der Waals surface area contributed by atoms with E-state index in [0.717, 1.165) is 47.4 Å². The summed E-state index contributed by atoms with van der Waals surface area (Å²) in [6, 6.07) is 7.27. The maximum absolute atomic E-state index is 14.5. The highest BCUT2D eigenvalue weighted by molar-refractivity contribution is 7.91. The number of imide groups is 1. The predicted molar refractivity (Wildman–Crippen MR) is 207 cm³/mol. The lowest BCUT2D eigenvalue weighted by atomic mass is 9.93. The third-order valence-electron chi connectivity index (χ3n) is 8.49. The summed E-state index contributed by atoms with van der Waals surface area (Å²) in [5.41, 5.74) is 6.48. The first-order chi connectivity index (χ1) is 26.2. The van der Waals surface area contributed by atoms with Crippen molar-refractivity contribution in [2.75, 3.05) is 35.7 Å². The Hall–Kier alpha value is -4.35. The number of carboxylic acids is 1. The smallest absolute Gasteiger partial charge is 0.344 e. The average molecular weight is 845 g/mol. The van der Waals surface area contributed by atoms with Crippen molar-refractivity contribution in [3.63, 3.8) is 0 Å². The minimum atomic E-state index is -3.75. The van der Waals surface area contributed by atoms with Gasteiger partial charge in [0.05, 0.1) is 28.6 Å². The van der Waals surface area contributed by atoms with Gasteiger partial charge in [-0.25, -0.2) is 18.4 Å². The molecule has 2 aliphatic heterocycles. The Morgan fingerprint density at radius 2 is 1.66 bits per heavy atom. The van der Waals surface area contributed by atoms with E-state index >= 15 is 0 Å². The van der Waals surface area contributed by atoms with Crippen LogP contribution in [0.25, 0.3) is 0 Å². The van der Waals surface area contributed by atoms with Crippen LogP contribution in [-0.4, -0.2) is 90.5 Å². The molecule has 20 heteroatoms. The van der Waals surface area contributed by atoms with E-state index < -0.39 is 71.7 Å². The number of carbonyl (C=O) groups is 5. The zero-order valence-electron chi connectivity index (χ0n) is 31.5. The Morgan fingerprint density at radius 1 is 1.05 bits per heavy atom. The number of amides is 3. The second kappa shape index (κ2) is 20.2. The number of esters is 1. The lowest BCUT2D eigenvalue weighted by molar-refractivity contribution is -0.146. The van der Waals surface area contributed by atoms with Crippen molar-refractivity contribution in [1.82, 2.24) is 4.31 Å². The quantitative estimate of drug-likeness (QED) is 0.0875. The van der Waals surface area contributed by atoms with Gasteiger partial charge in [0, 0.05) is 36.1 Å². The normalized spacial score (nSPS) is 17.3. The molecule has 0 saturated carbocycles. The summed E-state index contributed by atoms with van der Waals surface area (Å²) < 4.78 is 62.4. The maximum Gasteiger partial charge on any atom is 0.344 e. The molecule has 56 heavy (non-hydrogen) atoms. The van der Waals surface area contributed by atoms with E-state index in [4.69, 9.17) is 36.8 Å². The highest BCUT2D eigenvalue weighted by Gasteiger charge is 2.41. The number of para-hydroxylation sites is 1. The molecule has 2 atom stereocenters. The van der Waals surface area contributed by atoms with Crippen LogP contribution in [0.1, 0.15) is 82.5 Å². The first-order valence-corrected chi connectivity index (χ1v) is 21.9. The second-order valence-electron chi connectivity index (χ2n) is 13.4. The Balaban J connectivity index is 0.000000260. The molecule has 5 N–H and O–H groups in total. The number of hydrogen-bond acceptors (Lipinski definition) is 11. The number of halogens is 2. The second-order valence-corrected chi connectivity index (χ2v) is 17.9. The van der Waals surface area contributed by atoms with Crippen LogP contribution in [0.3, 0.4) is 0 Å². The Bertz CT molecular complexity index is 1980. The van der Waals surface area contributed by atoms with Crippen LogP contribution in [0.5, 0.6) is 5.75 Å². The molecule has 2 aromatic carbocycles. The lowest BCUT2D eigenvalue weighted by Gasteiger charge is -2.31. The van der Waals surface area contributed by atoms with Crippen LogP contribution in [0.4, 0.5) is 15.8 Å². The SMILES string of the molecule is CC(C)N1C(=O)c2ccccc2NS1(=O)=O.CCCCCOC(=O)COc1cc(N2C(=O)C3=C(CCCC3)C2=O)c(F)cc1Cl.CP(=O)(O)CCC(N)C(=O)O. The van der Waals surface area contributed by atoms with Crippen molar-refractivity contribution in [3.8, 4) is 5.75 Å². The number of hydrogen-bond donors (Lipinski definition) is 4. The summed E-state index contributed by atoms with van der Waals surface area (Å²) in [5.74, 6) is -4.03. The van der Waals surface area contributed by atoms with E-state index in [1.807, 2.05) is 6.92 Å². The monoisotopic (exact) mass is 844 g/mol. The Morgan fingerprint density at radius 3 is 2.21 bits per heavy atom. The van der Waals surface area contributed by atoms with Crippen LogP contribution in [0, 0.1) is 5.82 Å². The predicted octanol–water partition coefficient (Wildman–Crippen LogP) is 5.23. The topological polar surface area (TPSA) is 240 Å². The fourth-order valence-corrected chi connectivity index (χ4v) is 8.05. The number of nitrogens with two attached hydrogens (primary N) is 1. The molecule has 0 saturated heterocycles. The molecular formula is C36H47ClFN4O12PS. The number of unbranched alkanes of at least 4 members (excludes halogenated alkanes) is 2. The minimum Gasteiger partial charge on any atom is -0.480 e. The van der Waals surface area contributed by atoms with E-state index in [2.05, 4.69) is 4.72 Å². The number of anilines is 2. The molecule has 0 aromatic heterocycles. The number of ether oxygens (including phenoxy) is 2. The molecule has 16 nitrogen and oxygen atoms in total. The third-order valence-corrected chi connectivity index (χ3v) is 11.5. The summed E-state index contributed by atoms with van der Waals surface area (Å²) in [4.78, 5) is 68.8. The molecule has 0 fully saturated rings. The van der Waals surface area contributed by atoms with E-state index in [9.17, 15) is 41.3 Å². The minimum absolute atomic E-state index is 0.000883. The largest absolute Gasteiger partial charge is 0.480 e. The molecule has 1 aliphatic carbocycles. The highest BCUT2D eigenvalue weighted by atomic mass is 35.5. The first kappa shape index (κ1) is 46.0. The van der Waals surface area contributed by atoms with Crippen LogP contribution in [0.2, 0.25) is 5.02 Å². The molecule has 0 spiro atoms. The number of nitrogens with one attached hydrogen (secondary N) is 1. The zero-order chi connectivity index (χ0) is 42.0. The fraction of sp³-hybridized carbons (Fsp3) is 0.472. The van der Waals surface area contributed by atoms with Gasteiger partial charge in [0.15, 0.2) is 14.0 Å². The van der Waals surface area contributed by atoms with Gasteiger partial charge < -0.3 is 25.2 Å². The summed E-state index contributed by atoms with van der Waals surface area (Å²) >= 11 is 6.02. The molecule has 2 unspecified atom stereocenters. The molecule has 2 heterocycles. The average Bonchev–Trinajstić information content (AvgIpc) is 3.37. The number of nitrogens with zero attached hydrogens (tertiary/aromatic N) is 2. The fourth-order valence-electron chi connectivity index (χ4n) is 5.66. The van der Waals surface area contributed by atoms with Crippen LogP contribution in [-0.2, 0) is 38.7 Å². The standard InChI is InChI=1S/C21H23ClFNO5.C10H12N2O3S.C5H12NO4P/c1-2-3-6-9-28-19(25)12-29-18-11-17(16(23)10-15(18)22)24-20(26)13-7-4-5-8-14(13)21(24)27;1-7(2)12-10(13)8-5-3-4-6-9(8)11-16(12,14)15;1-11(9,10)3-2-4(6)5(7)8/h10-11H,2-9,12H2,1H3;3-7,11H,1-2H3;4H,2-3,6H2,1H3,(H,7,8)(H,9,10). The number of rotatable bonds is 13. The highest BCUT2D eigenvalue weighted by Crippen LogP contribution is 2.40. The summed E-state index contributed by atoms with van der Waals surface area (Å²) in [7, 11) is -6.85. The number of carboxylic acid groups (broad SMARTS) is 1. The molecule has 0 bridgehead atoms. The van der Waals surface area contributed by atoms with Crippen LogP contribution in [0.15, 0.2) is 47.5 Å². The first-order valence-electron chi connectivity index (χ1n) is 17.8. The van der Waals surface area contributed by atoms with Gasteiger partial charge in [0.2, 0.25) is 0 Å². The van der Waals surface area contributed by atoms with Gasteiger partial charge in [-0.1, -0.05) is 43.5 Å². The summed E-state index contributed by atoms with van der Waals surface area (Å²) in [6.07, 6.45) is 5.40. The lowest BCUT2D eigenvalue weighted by Crippen LogP contribution is -2.48. The van der Waals surface area contributed by atoms with E-state index in [1.54, 1.807) is 38.1 Å². The molecule has 2 aromatic rings. The van der Waals surface area contributed by atoms with Gasteiger partial charge in [-0.2, -0.15) is 8.42 Å². The Labute approximate surface area is 329 Å². The van der Waals surface area contributed by atoms with Gasteiger partial charge in [0.1, 0.15) is 17.6 Å². The summed E-state index contributed by atoms with van der Waals surface area (Å²) in [6.45, 7) is 6.43. The molecule has 308 valence electrons. The molecular weight excluding hydrogens is 798 g/mol. The summed E-state index contributed by atoms with van der Waals surface area (Å²) in [5, 5.41) is 8.21. The number of carbonyl (C=O) groups excluding carboxylic acids is 4. The number of fused-ring (bicyclic) bond motifs is 1. The van der Waals surface area contributed by atoms with Crippen molar-refractivity contribution in [1.29, 1.82) is 0 Å². The van der Waals surface area contributed by atoms with Gasteiger partial charge in [-0.3, -0.25) is 28.5 Å². The maximum atomic E-state index is 14.5. The van der Waals surface area contributed by atoms with E-state index in [0.29, 0.717) is 41.8 Å². The van der Waals surface area contributed by atoms with Crippen molar-refractivity contribution in [2.24, 2.45) is 5.73 Å².